The van der Waals surface area contributed by atoms with Crippen molar-refractivity contribution in [2.24, 2.45) is 5.73 Å². The molecule has 0 fully saturated rings. The van der Waals surface area contributed by atoms with Gasteiger partial charge in [-0.15, -0.1) is 0 Å². The minimum absolute atomic E-state index is 0.0588. The molecule has 0 aliphatic rings. The number of nitrogens with zero attached hydrogens (tertiary/aromatic N) is 1. The average molecular weight is 258 g/mol. The summed E-state index contributed by atoms with van der Waals surface area (Å²) in [6.07, 6.45) is 0. The highest BCUT2D eigenvalue weighted by Gasteiger charge is 2.16. The predicted octanol–water partition coefficient (Wildman–Crippen LogP) is 0.810. The van der Waals surface area contributed by atoms with E-state index in [1.54, 1.807) is 24.3 Å². The van der Waals surface area contributed by atoms with Gasteiger partial charge < -0.3 is 10.5 Å². The van der Waals surface area contributed by atoms with E-state index in [0.29, 0.717) is 12.3 Å². The van der Waals surface area contributed by atoms with Gasteiger partial charge in [-0.2, -0.15) is 0 Å². The van der Waals surface area contributed by atoms with Crippen LogP contribution in [0.25, 0.3) is 0 Å². The van der Waals surface area contributed by atoms with Crippen LogP contribution in [0, 0.1) is 0 Å². The van der Waals surface area contributed by atoms with E-state index in [1.807, 2.05) is 6.92 Å². The SMILES string of the molecule is CCOc1ccc(N(C)S(=O)(=O)CCN)cc1. The fraction of sp³-hybridized carbons (Fsp3) is 0.455. The molecular weight excluding hydrogens is 240 g/mol. The smallest absolute Gasteiger partial charge is 0.236 e. The maximum Gasteiger partial charge on any atom is 0.236 e. The first-order valence-electron chi connectivity index (χ1n) is 5.40. The molecule has 0 saturated carbocycles. The third kappa shape index (κ3) is 3.61. The Labute approximate surface area is 102 Å². The van der Waals surface area contributed by atoms with E-state index < -0.39 is 10.0 Å². The Balaban J connectivity index is 2.86. The number of rotatable bonds is 6. The summed E-state index contributed by atoms with van der Waals surface area (Å²) in [5.41, 5.74) is 5.87. The van der Waals surface area contributed by atoms with Crippen LogP contribution in [0.2, 0.25) is 0 Å². The van der Waals surface area contributed by atoms with Crippen molar-refractivity contribution in [2.45, 2.75) is 6.92 Å². The lowest BCUT2D eigenvalue weighted by Crippen LogP contribution is -2.31. The minimum Gasteiger partial charge on any atom is -0.494 e. The van der Waals surface area contributed by atoms with Crippen molar-refractivity contribution in [3.05, 3.63) is 24.3 Å². The number of nitrogens with two attached hydrogens (primary N) is 1. The molecule has 1 aromatic carbocycles. The number of ether oxygens (including phenoxy) is 1. The van der Waals surface area contributed by atoms with Crippen molar-refractivity contribution in [1.82, 2.24) is 0 Å². The summed E-state index contributed by atoms with van der Waals surface area (Å²) in [6, 6.07) is 6.90. The van der Waals surface area contributed by atoms with Gasteiger partial charge in [0.25, 0.3) is 0 Å². The molecule has 0 amide bonds. The molecule has 0 saturated heterocycles. The predicted molar refractivity (Wildman–Crippen MR) is 68.9 cm³/mol. The zero-order chi connectivity index (χ0) is 12.9. The van der Waals surface area contributed by atoms with Crippen LogP contribution in [0.5, 0.6) is 5.75 Å². The van der Waals surface area contributed by atoms with Gasteiger partial charge in [-0.25, -0.2) is 8.42 Å². The van der Waals surface area contributed by atoms with E-state index in [9.17, 15) is 8.42 Å². The molecule has 2 N–H and O–H groups in total. The lowest BCUT2D eigenvalue weighted by atomic mass is 10.3. The van der Waals surface area contributed by atoms with Crippen molar-refractivity contribution < 1.29 is 13.2 Å². The molecule has 1 rings (SSSR count). The molecule has 0 radical (unpaired) electrons. The van der Waals surface area contributed by atoms with Crippen LogP contribution in [-0.4, -0.2) is 34.4 Å². The van der Waals surface area contributed by atoms with E-state index in [1.165, 1.54) is 11.4 Å². The zero-order valence-electron chi connectivity index (χ0n) is 10.1. The van der Waals surface area contributed by atoms with E-state index in [0.717, 1.165) is 5.75 Å². The first-order valence-corrected chi connectivity index (χ1v) is 7.01. The van der Waals surface area contributed by atoms with Gasteiger partial charge in [0.1, 0.15) is 5.75 Å². The quantitative estimate of drug-likeness (QED) is 0.819. The third-order valence-electron chi connectivity index (χ3n) is 2.30. The highest BCUT2D eigenvalue weighted by molar-refractivity contribution is 7.92. The van der Waals surface area contributed by atoms with Crippen LogP contribution in [0.15, 0.2) is 24.3 Å². The van der Waals surface area contributed by atoms with Gasteiger partial charge in [-0.1, -0.05) is 0 Å². The molecule has 0 heterocycles. The summed E-state index contributed by atoms with van der Waals surface area (Å²) < 4.78 is 30.0. The van der Waals surface area contributed by atoms with Crippen molar-refractivity contribution in [2.75, 3.05) is 30.3 Å². The van der Waals surface area contributed by atoms with Crippen LogP contribution in [0.1, 0.15) is 6.92 Å². The third-order valence-corrected chi connectivity index (χ3v) is 4.10. The summed E-state index contributed by atoms with van der Waals surface area (Å²) in [7, 11) is -1.81. The van der Waals surface area contributed by atoms with Crippen molar-refractivity contribution in [3.8, 4) is 5.75 Å². The van der Waals surface area contributed by atoms with E-state index in [4.69, 9.17) is 10.5 Å². The Morgan fingerprint density at radius 2 is 1.88 bits per heavy atom. The van der Waals surface area contributed by atoms with Crippen molar-refractivity contribution >= 4 is 15.7 Å². The highest BCUT2D eigenvalue weighted by Crippen LogP contribution is 2.20. The lowest BCUT2D eigenvalue weighted by Gasteiger charge is -2.19. The van der Waals surface area contributed by atoms with Crippen LogP contribution < -0.4 is 14.8 Å². The second-order valence-electron chi connectivity index (χ2n) is 3.50. The highest BCUT2D eigenvalue weighted by atomic mass is 32.2. The topological polar surface area (TPSA) is 72.6 Å². The molecule has 1 aromatic rings. The molecule has 0 unspecified atom stereocenters. The largest absolute Gasteiger partial charge is 0.494 e. The first-order chi connectivity index (χ1) is 8.01. The fourth-order valence-corrected chi connectivity index (χ4v) is 2.38. The van der Waals surface area contributed by atoms with Gasteiger partial charge in [0.05, 0.1) is 18.0 Å². The first kappa shape index (κ1) is 13.8. The number of sulfonamides is 1. The number of benzene rings is 1. The van der Waals surface area contributed by atoms with Gasteiger partial charge in [-0.05, 0) is 31.2 Å². The summed E-state index contributed by atoms with van der Waals surface area (Å²) in [5.74, 6) is 0.664. The maximum absolute atomic E-state index is 11.8. The van der Waals surface area contributed by atoms with Crippen LogP contribution in [0.3, 0.4) is 0 Å². The van der Waals surface area contributed by atoms with Crippen LogP contribution in [-0.2, 0) is 10.0 Å². The van der Waals surface area contributed by atoms with E-state index in [-0.39, 0.29) is 12.3 Å². The standard InChI is InChI=1S/C11H18N2O3S/c1-3-16-11-6-4-10(5-7-11)13(2)17(14,15)9-8-12/h4-7H,3,8-9,12H2,1-2H3. The monoisotopic (exact) mass is 258 g/mol. The number of anilines is 1. The second-order valence-corrected chi connectivity index (χ2v) is 5.62. The molecule has 0 spiro atoms. The minimum atomic E-state index is -3.32. The fourth-order valence-electron chi connectivity index (χ4n) is 1.37. The van der Waals surface area contributed by atoms with Gasteiger partial charge in [0, 0.05) is 13.6 Å². The molecule has 0 aliphatic carbocycles. The molecule has 17 heavy (non-hydrogen) atoms. The van der Waals surface area contributed by atoms with E-state index in [2.05, 4.69) is 0 Å². The Morgan fingerprint density at radius 1 is 1.29 bits per heavy atom. The summed E-state index contributed by atoms with van der Waals surface area (Å²) in [5, 5.41) is 0. The van der Waals surface area contributed by atoms with Crippen LogP contribution >= 0.6 is 0 Å². The van der Waals surface area contributed by atoms with Crippen molar-refractivity contribution in [3.63, 3.8) is 0 Å². The van der Waals surface area contributed by atoms with Gasteiger partial charge in [0.15, 0.2) is 0 Å². The molecule has 0 aliphatic heterocycles. The van der Waals surface area contributed by atoms with Crippen LogP contribution in [0.4, 0.5) is 5.69 Å². The Hall–Kier alpha value is -1.27. The number of hydrogen-bond donors (Lipinski definition) is 1. The lowest BCUT2D eigenvalue weighted by molar-refractivity contribution is 0.340. The molecule has 96 valence electrons. The molecule has 0 atom stereocenters. The molecule has 0 bridgehead atoms. The average Bonchev–Trinajstić information content (AvgIpc) is 2.29. The molecule has 5 nitrogen and oxygen atoms in total. The summed E-state index contributed by atoms with van der Waals surface area (Å²) >= 11 is 0. The Kier molecular flexibility index (Phi) is 4.77. The molecule has 0 aromatic heterocycles. The second kappa shape index (κ2) is 5.88. The number of hydrogen-bond acceptors (Lipinski definition) is 4. The van der Waals surface area contributed by atoms with Gasteiger partial charge in [-0.3, -0.25) is 4.31 Å². The van der Waals surface area contributed by atoms with Gasteiger partial charge >= 0.3 is 0 Å². The summed E-state index contributed by atoms with van der Waals surface area (Å²) in [4.78, 5) is 0. The van der Waals surface area contributed by atoms with Crippen molar-refractivity contribution in [1.29, 1.82) is 0 Å². The van der Waals surface area contributed by atoms with E-state index >= 15 is 0 Å². The normalized spacial score (nSPS) is 11.2. The maximum atomic E-state index is 11.8. The molecule has 6 heteroatoms. The summed E-state index contributed by atoms with van der Waals surface area (Å²) in [6.45, 7) is 2.59. The van der Waals surface area contributed by atoms with Gasteiger partial charge in [0.2, 0.25) is 10.0 Å². The molecular formula is C11H18N2O3S. The zero-order valence-corrected chi connectivity index (χ0v) is 10.9. The Bertz CT molecular complexity index is 442. The Morgan fingerprint density at radius 3 is 2.35 bits per heavy atom.